The third-order valence-electron chi connectivity index (χ3n) is 5.57. The second-order valence-electron chi connectivity index (χ2n) is 7.87. The van der Waals surface area contributed by atoms with Crippen LogP contribution in [0.2, 0.25) is 0 Å². The summed E-state index contributed by atoms with van der Waals surface area (Å²) in [5.74, 6) is 1.55. The van der Waals surface area contributed by atoms with Gasteiger partial charge in [0, 0.05) is 29.1 Å². The number of halogens is 1. The summed E-state index contributed by atoms with van der Waals surface area (Å²) in [6.45, 7) is 0.132. The van der Waals surface area contributed by atoms with Gasteiger partial charge in [-0.15, -0.1) is 0 Å². The number of fused-ring (bicyclic) bond motifs is 1. The molecule has 0 saturated heterocycles. The number of ether oxygens (including phenoxy) is 1. The van der Waals surface area contributed by atoms with Crippen molar-refractivity contribution >= 4 is 42.9 Å². The molecule has 3 aromatic heterocycles. The van der Waals surface area contributed by atoms with E-state index in [1.165, 1.54) is 19.2 Å². The SMILES string of the molecule is COc1ccc(S(=O)(=O)NCc2ccc(-n3c(-c4cccnc4N)nc4cc(Br)cnc43)cc2)cc1. The van der Waals surface area contributed by atoms with Gasteiger partial charge in [0.2, 0.25) is 10.0 Å². The quantitative estimate of drug-likeness (QED) is 0.301. The van der Waals surface area contributed by atoms with Gasteiger partial charge in [-0.3, -0.25) is 4.57 Å². The van der Waals surface area contributed by atoms with Gasteiger partial charge < -0.3 is 10.5 Å². The molecule has 0 aliphatic heterocycles. The van der Waals surface area contributed by atoms with Crippen LogP contribution in [0.15, 0.2) is 88.5 Å². The number of nitrogens with one attached hydrogen (secondary N) is 1. The molecule has 0 unspecified atom stereocenters. The van der Waals surface area contributed by atoms with Gasteiger partial charge >= 0.3 is 0 Å². The number of aromatic nitrogens is 4. The molecule has 0 atom stereocenters. The number of anilines is 1. The predicted octanol–water partition coefficient (Wildman–Crippen LogP) is 4.31. The van der Waals surface area contributed by atoms with Gasteiger partial charge in [-0.1, -0.05) is 12.1 Å². The molecule has 5 aromatic rings. The van der Waals surface area contributed by atoms with Crippen LogP contribution in [0.4, 0.5) is 5.82 Å². The number of hydrogen-bond donors (Lipinski definition) is 2. The van der Waals surface area contributed by atoms with Crippen molar-refractivity contribution in [2.75, 3.05) is 12.8 Å². The molecule has 9 nitrogen and oxygen atoms in total. The number of pyridine rings is 2. The van der Waals surface area contributed by atoms with Crippen LogP contribution in [0, 0.1) is 0 Å². The normalized spacial score (nSPS) is 11.6. The molecular formula is C25H21BrN6O3S. The molecule has 0 amide bonds. The van der Waals surface area contributed by atoms with Crippen molar-refractivity contribution in [1.82, 2.24) is 24.2 Å². The second-order valence-corrected chi connectivity index (χ2v) is 10.6. The first-order valence-electron chi connectivity index (χ1n) is 10.8. The van der Waals surface area contributed by atoms with Crippen molar-refractivity contribution in [3.8, 4) is 22.8 Å². The van der Waals surface area contributed by atoms with E-state index in [0.29, 0.717) is 34.1 Å². The van der Waals surface area contributed by atoms with Crippen molar-refractivity contribution in [3.05, 3.63) is 89.2 Å². The topological polar surface area (TPSA) is 125 Å². The van der Waals surface area contributed by atoms with Gasteiger partial charge in [-0.25, -0.2) is 28.1 Å². The minimum atomic E-state index is -3.67. The Balaban J connectivity index is 1.45. The summed E-state index contributed by atoms with van der Waals surface area (Å²) in [6.07, 6.45) is 3.33. The molecule has 3 N–H and O–H groups in total. The number of imidazole rings is 1. The number of nitrogens with two attached hydrogens (primary N) is 1. The van der Waals surface area contributed by atoms with Crippen LogP contribution >= 0.6 is 15.9 Å². The molecule has 2 aromatic carbocycles. The average Bonchev–Trinajstić information content (AvgIpc) is 3.26. The van der Waals surface area contributed by atoms with Crippen molar-refractivity contribution in [1.29, 1.82) is 0 Å². The van der Waals surface area contributed by atoms with E-state index >= 15 is 0 Å². The van der Waals surface area contributed by atoms with E-state index in [9.17, 15) is 8.42 Å². The highest BCUT2D eigenvalue weighted by Gasteiger charge is 2.18. The van der Waals surface area contributed by atoms with E-state index in [-0.39, 0.29) is 11.4 Å². The Kier molecular flexibility index (Phi) is 6.44. The Hall–Kier alpha value is -3.80. The molecule has 0 aliphatic carbocycles. The number of nitrogens with zero attached hydrogens (tertiary/aromatic N) is 4. The number of benzene rings is 2. The van der Waals surface area contributed by atoms with Crippen LogP contribution in [0.25, 0.3) is 28.2 Å². The highest BCUT2D eigenvalue weighted by molar-refractivity contribution is 9.10. The molecule has 3 heterocycles. The maximum absolute atomic E-state index is 12.7. The van der Waals surface area contributed by atoms with Crippen LogP contribution in [0.5, 0.6) is 5.75 Å². The number of methoxy groups -OCH3 is 1. The van der Waals surface area contributed by atoms with Crippen LogP contribution in [-0.4, -0.2) is 35.0 Å². The van der Waals surface area contributed by atoms with Gasteiger partial charge in [-0.2, -0.15) is 0 Å². The molecule has 0 fully saturated rings. The van der Waals surface area contributed by atoms with Crippen molar-refractivity contribution in [3.63, 3.8) is 0 Å². The summed E-state index contributed by atoms with van der Waals surface area (Å²) in [6, 6.07) is 19.3. The molecule has 0 radical (unpaired) electrons. The summed E-state index contributed by atoms with van der Waals surface area (Å²) in [5, 5.41) is 0. The lowest BCUT2D eigenvalue weighted by atomic mass is 10.2. The Labute approximate surface area is 216 Å². The Bertz CT molecular complexity index is 1650. The van der Waals surface area contributed by atoms with E-state index in [2.05, 4.69) is 30.6 Å². The van der Waals surface area contributed by atoms with Crippen LogP contribution in [-0.2, 0) is 16.6 Å². The maximum Gasteiger partial charge on any atom is 0.240 e. The first kappa shape index (κ1) is 23.9. The Morgan fingerprint density at radius 1 is 1.06 bits per heavy atom. The fourth-order valence-corrected chi connectivity index (χ4v) is 5.09. The third-order valence-corrected chi connectivity index (χ3v) is 7.42. The van der Waals surface area contributed by atoms with E-state index < -0.39 is 10.0 Å². The van der Waals surface area contributed by atoms with Crippen molar-refractivity contribution < 1.29 is 13.2 Å². The smallest absolute Gasteiger partial charge is 0.240 e. The molecule has 36 heavy (non-hydrogen) atoms. The number of rotatable bonds is 7. The Morgan fingerprint density at radius 2 is 1.81 bits per heavy atom. The maximum atomic E-state index is 12.7. The lowest BCUT2D eigenvalue weighted by Gasteiger charge is -2.12. The summed E-state index contributed by atoms with van der Waals surface area (Å²) in [7, 11) is -2.14. The second kappa shape index (κ2) is 9.69. The number of hydrogen-bond acceptors (Lipinski definition) is 7. The molecular weight excluding hydrogens is 544 g/mol. The molecule has 5 rings (SSSR count). The predicted molar refractivity (Wildman–Crippen MR) is 141 cm³/mol. The van der Waals surface area contributed by atoms with Gasteiger partial charge in [0.25, 0.3) is 0 Å². The van der Waals surface area contributed by atoms with E-state index in [4.69, 9.17) is 15.5 Å². The minimum absolute atomic E-state index is 0.132. The van der Waals surface area contributed by atoms with E-state index in [1.54, 1.807) is 30.6 Å². The molecule has 0 bridgehead atoms. The molecule has 0 spiro atoms. The van der Waals surface area contributed by atoms with Crippen LogP contribution in [0.3, 0.4) is 0 Å². The molecule has 0 aliphatic rings. The zero-order valence-corrected chi connectivity index (χ0v) is 21.5. The third kappa shape index (κ3) is 4.68. The van der Waals surface area contributed by atoms with E-state index in [1.807, 2.05) is 41.0 Å². The van der Waals surface area contributed by atoms with Gasteiger partial charge in [0.05, 0.1) is 17.6 Å². The average molecular weight is 565 g/mol. The standard InChI is InChI=1S/C25H21BrN6O3S/c1-35-19-8-10-20(11-9-19)36(33,34)30-14-16-4-6-18(7-5-16)32-24(21-3-2-12-28-23(21)27)31-22-13-17(26)15-29-25(22)32/h2-13,15,30H,14H2,1H3,(H2,27,28). The first-order valence-corrected chi connectivity index (χ1v) is 13.1. The summed E-state index contributed by atoms with van der Waals surface area (Å²) < 4.78 is 35.8. The summed E-state index contributed by atoms with van der Waals surface area (Å²) in [5.41, 5.74) is 9.78. The zero-order valence-electron chi connectivity index (χ0n) is 19.1. The fraction of sp³-hybridized carbons (Fsp3) is 0.0800. The molecule has 182 valence electrons. The van der Waals surface area contributed by atoms with Gasteiger partial charge in [0.1, 0.15) is 17.1 Å². The van der Waals surface area contributed by atoms with Crippen molar-refractivity contribution in [2.24, 2.45) is 0 Å². The summed E-state index contributed by atoms with van der Waals surface area (Å²) in [4.78, 5) is 13.7. The minimum Gasteiger partial charge on any atom is -0.497 e. The monoisotopic (exact) mass is 564 g/mol. The Morgan fingerprint density at radius 3 is 2.50 bits per heavy atom. The van der Waals surface area contributed by atoms with Crippen LogP contribution in [0.1, 0.15) is 5.56 Å². The molecule has 11 heteroatoms. The molecule has 0 saturated carbocycles. The lowest BCUT2D eigenvalue weighted by Crippen LogP contribution is -2.23. The lowest BCUT2D eigenvalue weighted by molar-refractivity contribution is 0.414. The van der Waals surface area contributed by atoms with Crippen LogP contribution < -0.4 is 15.2 Å². The fourth-order valence-electron chi connectivity index (χ4n) is 3.75. The highest BCUT2D eigenvalue weighted by Crippen LogP contribution is 2.31. The van der Waals surface area contributed by atoms with Crippen molar-refractivity contribution in [2.45, 2.75) is 11.4 Å². The first-order chi connectivity index (χ1) is 17.4. The van der Waals surface area contributed by atoms with Gasteiger partial charge in [-0.05, 0) is 76.1 Å². The largest absolute Gasteiger partial charge is 0.497 e. The number of sulfonamides is 1. The zero-order chi connectivity index (χ0) is 25.3. The highest BCUT2D eigenvalue weighted by atomic mass is 79.9. The summed E-state index contributed by atoms with van der Waals surface area (Å²) >= 11 is 3.45. The van der Waals surface area contributed by atoms with E-state index in [0.717, 1.165) is 15.7 Å². The van der Waals surface area contributed by atoms with Gasteiger partial charge in [0.15, 0.2) is 11.5 Å². The number of nitrogen functional groups attached to an aromatic ring is 1.